The molecule has 0 spiro atoms. The Bertz CT molecular complexity index is 295. The van der Waals surface area contributed by atoms with E-state index in [2.05, 4.69) is 37.3 Å². The topological polar surface area (TPSA) is 9.23 Å². The molecule has 0 aliphatic carbocycles. The van der Waals surface area contributed by atoms with Crippen LogP contribution in [0.15, 0.2) is 30.3 Å². The highest BCUT2D eigenvalue weighted by Crippen LogP contribution is 2.18. The van der Waals surface area contributed by atoms with E-state index in [-0.39, 0.29) is 0 Å². The molecule has 2 rings (SSSR count). The van der Waals surface area contributed by atoms with E-state index in [1.807, 2.05) is 0 Å². The molecule has 0 fully saturated rings. The van der Waals surface area contributed by atoms with Crippen LogP contribution in [-0.2, 0) is 4.74 Å². The summed E-state index contributed by atoms with van der Waals surface area (Å²) in [7, 11) is 0. The van der Waals surface area contributed by atoms with Gasteiger partial charge in [0.1, 0.15) is 0 Å². The molecule has 0 bridgehead atoms. The van der Waals surface area contributed by atoms with Crippen LogP contribution in [-0.4, -0.2) is 13.2 Å². The number of hydrogen-bond acceptors (Lipinski definition) is 1. The molecule has 1 aromatic rings. The predicted octanol–water partition coefficient (Wildman–Crippen LogP) is 2.41. The minimum absolute atomic E-state index is 0.767. The first-order valence-electron chi connectivity index (χ1n) is 4.20. The lowest BCUT2D eigenvalue weighted by Gasteiger charge is -2.00. The molecule has 62 valence electrons. The fourth-order valence-electron chi connectivity index (χ4n) is 1.36. The molecule has 0 N–H and O–H groups in total. The average molecular weight is 160 g/mol. The van der Waals surface area contributed by atoms with Crippen LogP contribution in [0, 0.1) is 6.92 Å². The van der Waals surface area contributed by atoms with Crippen LogP contribution in [0.1, 0.15) is 11.1 Å². The monoisotopic (exact) mass is 160 g/mol. The summed E-state index contributed by atoms with van der Waals surface area (Å²) >= 11 is 0. The highest BCUT2D eigenvalue weighted by molar-refractivity contribution is 5.67. The second-order valence-electron chi connectivity index (χ2n) is 3.11. The number of ether oxygens (including phenoxy) is 1. The summed E-state index contributed by atoms with van der Waals surface area (Å²) in [5, 5.41) is 0. The van der Waals surface area contributed by atoms with Gasteiger partial charge in [0.2, 0.25) is 0 Å². The number of rotatable bonds is 1. The van der Waals surface area contributed by atoms with E-state index in [0.717, 1.165) is 13.2 Å². The summed E-state index contributed by atoms with van der Waals surface area (Å²) in [6.45, 7) is 3.63. The summed E-state index contributed by atoms with van der Waals surface area (Å²) in [5.41, 5.74) is 3.91. The molecule has 1 nitrogen and oxygen atoms in total. The molecule has 1 heteroatoms. The van der Waals surface area contributed by atoms with Crippen molar-refractivity contribution in [1.82, 2.24) is 0 Å². The molecule has 0 aromatic heterocycles. The molecule has 0 amide bonds. The Balaban J connectivity index is 2.28. The van der Waals surface area contributed by atoms with E-state index in [0.29, 0.717) is 0 Å². The lowest BCUT2D eigenvalue weighted by molar-refractivity contribution is 0.216. The zero-order valence-electron chi connectivity index (χ0n) is 7.21. The Labute approximate surface area is 72.7 Å². The van der Waals surface area contributed by atoms with Crippen molar-refractivity contribution in [1.29, 1.82) is 0 Å². The van der Waals surface area contributed by atoms with Gasteiger partial charge in [-0.1, -0.05) is 35.9 Å². The molecule has 1 aromatic carbocycles. The fraction of sp³-hybridized carbons (Fsp3) is 0.273. The van der Waals surface area contributed by atoms with E-state index in [1.165, 1.54) is 16.7 Å². The summed E-state index contributed by atoms with van der Waals surface area (Å²) < 4.78 is 5.25. The Morgan fingerprint density at radius 3 is 2.50 bits per heavy atom. The lowest BCUT2D eigenvalue weighted by atomic mass is 10.1. The van der Waals surface area contributed by atoms with Gasteiger partial charge in [-0.2, -0.15) is 0 Å². The van der Waals surface area contributed by atoms with E-state index >= 15 is 0 Å². The van der Waals surface area contributed by atoms with Crippen molar-refractivity contribution < 1.29 is 4.74 Å². The second-order valence-corrected chi connectivity index (χ2v) is 3.11. The lowest BCUT2D eigenvalue weighted by Crippen LogP contribution is -1.87. The molecular formula is C11H12O. The van der Waals surface area contributed by atoms with Gasteiger partial charge in [0.25, 0.3) is 0 Å². The maximum atomic E-state index is 5.25. The van der Waals surface area contributed by atoms with Crippen molar-refractivity contribution in [2.45, 2.75) is 6.92 Å². The minimum atomic E-state index is 0.767. The van der Waals surface area contributed by atoms with E-state index in [9.17, 15) is 0 Å². The zero-order valence-corrected chi connectivity index (χ0v) is 7.21. The van der Waals surface area contributed by atoms with Crippen molar-refractivity contribution in [3.8, 4) is 0 Å². The summed E-state index contributed by atoms with van der Waals surface area (Å²) in [6.07, 6.45) is 2.14. The van der Waals surface area contributed by atoms with Crippen LogP contribution in [0.2, 0.25) is 0 Å². The van der Waals surface area contributed by atoms with Crippen LogP contribution < -0.4 is 0 Å². The number of hydrogen-bond donors (Lipinski definition) is 0. The van der Waals surface area contributed by atoms with Gasteiger partial charge < -0.3 is 4.74 Å². The normalized spacial score (nSPS) is 16.2. The second kappa shape index (κ2) is 3.11. The van der Waals surface area contributed by atoms with Crippen LogP contribution in [0.4, 0.5) is 0 Å². The molecule has 0 unspecified atom stereocenters. The highest BCUT2D eigenvalue weighted by Gasteiger charge is 2.05. The number of aryl methyl sites for hydroxylation is 1. The summed E-state index contributed by atoms with van der Waals surface area (Å²) in [5.74, 6) is 0. The van der Waals surface area contributed by atoms with Crippen molar-refractivity contribution in [2.75, 3.05) is 13.2 Å². The fourth-order valence-corrected chi connectivity index (χ4v) is 1.36. The SMILES string of the molecule is Cc1ccc(C2=CCOC2)cc1. The molecular weight excluding hydrogens is 148 g/mol. The summed E-state index contributed by atoms with van der Waals surface area (Å²) in [4.78, 5) is 0. The average Bonchev–Trinajstić information content (AvgIpc) is 2.58. The van der Waals surface area contributed by atoms with Crippen molar-refractivity contribution >= 4 is 5.57 Å². The predicted molar refractivity (Wildman–Crippen MR) is 50.0 cm³/mol. The molecule has 12 heavy (non-hydrogen) atoms. The van der Waals surface area contributed by atoms with Gasteiger partial charge >= 0.3 is 0 Å². The molecule has 1 heterocycles. The van der Waals surface area contributed by atoms with E-state index < -0.39 is 0 Å². The smallest absolute Gasteiger partial charge is 0.0724 e. The maximum absolute atomic E-state index is 5.25. The molecule has 1 aliphatic rings. The van der Waals surface area contributed by atoms with Gasteiger partial charge in [0, 0.05) is 0 Å². The Morgan fingerprint density at radius 1 is 1.17 bits per heavy atom. The first-order chi connectivity index (χ1) is 5.86. The van der Waals surface area contributed by atoms with Gasteiger partial charge in [0.05, 0.1) is 13.2 Å². The van der Waals surface area contributed by atoms with Gasteiger partial charge in [-0.05, 0) is 18.1 Å². The molecule has 0 radical (unpaired) electrons. The molecule has 1 aliphatic heterocycles. The highest BCUT2D eigenvalue weighted by atomic mass is 16.5. The molecule has 0 saturated heterocycles. The van der Waals surface area contributed by atoms with Crippen molar-refractivity contribution in [2.24, 2.45) is 0 Å². The van der Waals surface area contributed by atoms with Crippen molar-refractivity contribution in [3.63, 3.8) is 0 Å². The third kappa shape index (κ3) is 1.41. The minimum Gasteiger partial charge on any atom is -0.373 e. The first-order valence-corrected chi connectivity index (χ1v) is 4.20. The standard InChI is InChI=1S/C11H12O/c1-9-2-4-10(5-3-9)11-6-7-12-8-11/h2-6H,7-8H2,1H3. The zero-order chi connectivity index (χ0) is 8.39. The van der Waals surface area contributed by atoms with Crippen LogP contribution in [0.25, 0.3) is 5.57 Å². The first kappa shape index (κ1) is 7.56. The largest absolute Gasteiger partial charge is 0.373 e. The quantitative estimate of drug-likeness (QED) is 0.613. The van der Waals surface area contributed by atoms with Gasteiger partial charge in [-0.3, -0.25) is 0 Å². The van der Waals surface area contributed by atoms with Crippen molar-refractivity contribution in [3.05, 3.63) is 41.5 Å². The Hall–Kier alpha value is -1.08. The number of benzene rings is 1. The summed E-state index contributed by atoms with van der Waals surface area (Å²) in [6, 6.07) is 8.56. The van der Waals surface area contributed by atoms with E-state index in [4.69, 9.17) is 4.74 Å². The van der Waals surface area contributed by atoms with Gasteiger partial charge in [-0.15, -0.1) is 0 Å². The van der Waals surface area contributed by atoms with Gasteiger partial charge in [-0.25, -0.2) is 0 Å². The Kier molecular flexibility index (Phi) is 1.96. The van der Waals surface area contributed by atoms with Crippen LogP contribution in [0.3, 0.4) is 0 Å². The van der Waals surface area contributed by atoms with Crippen LogP contribution in [0.5, 0.6) is 0 Å². The third-order valence-electron chi connectivity index (χ3n) is 2.13. The maximum Gasteiger partial charge on any atom is 0.0724 e. The molecule has 0 atom stereocenters. The molecule has 0 saturated carbocycles. The van der Waals surface area contributed by atoms with E-state index in [1.54, 1.807) is 0 Å². The third-order valence-corrected chi connectivity index (χ3v) is 2.13. The van der Waals surface area contributed by atoms with Crippen LogP contribution >= 0.6 is 0 Å². The Morgan fingerprint density at radius 2 is 1.92 bits per heavy atom. The van der Waals surface area contributed by atoms with Gasteiger partial charge in [0.15, 0.2) is 0 Å².